The molecule has 0 aromatic carbocycles. The van der Waals surface area contributed by atoms with Gasteiger partial charge in [-0.1, -0.05) is 45.7 Å². The molecule has 80 heavy (non-hydrogen) atoms. The Morgan fingerprint density at radius 1 is 0.562 bits per heavy atom. The first kappa shape index (κ1) is 62.3. The van der Waals surface area contributed by atoms with E-state index >= 15 is 17.6 Å². The molecule has 0 heterocycles. The lowest BCUT2D eigenvalue weighted by atomic mass is 9.44. The molecule has 0 amide bonds. The van der Waals surface area contributed by atoms with E-state index in [0.717, 1.165) is 0 Å². The molecule has 0 aromatic heterocycles. The average molecular weight is 1190 g/mol. The van der Waals surface area contributed by atoms with E-state index in [0.29, 0.717) is 57.8 Å². The van der Waals surface area contributed by atoms with Crippen LogP contribution < -0.4 is 4.13 Å². The fraction of sp³-hybridized carbons (Fsp3) is 0.855. The van der Waals surface area contributed by atoms with Gasteiger partial charge in [-0.05, 0) is 121 Å². The molecular weight excluding hydrogens is 1110 g/mol. The molecule has 8 aliphatic carbocycles. The van der Waals surface area contributed by atoms with Gasteiger partial charge in [-0.25, -0.2) is 16.8 Å². The summed E-state index contributed by atoms with van der Waals surface area (Å²) in [6, 6.07) is 0. The molecule has 2 unspecified atom stereocenters. The van der Waals surface area contributed by atoms with Crippen molar-refractivity contribution in [2.75, 3.05) is 13.2 Å². The summed E-state index contributed by atoms with van der Waals surface area (Å²) in [6.07, 6.45) is 1.44. The monoisotopic (exact) mass is 1190 g/mol. The van der Waals surface area contributed by atoms with E-state index in [2.05, 4.69) is 16.4 Å². The quantitative estimate of drug-likeness (QED) is 0.0938. The summed E-state index contributed by atoms with van der Waals surface area (Å²) >= 11 is 0. The Labute approximate surface area is 460 Å². The first-order valence-electron chi connectivity index (χ1n) is 28.0. The van der Waals surface area contributed by atoms with E-state index in [-0.39, 0.29) is 126 Å². The molecule has 0 bridgehead atoms. The number of Topliss-reactive ketones (excluding diaryl/α,β-unsaturated/α-hetero) is 6. The first-order chi connectivity index (χ1) is 36.7. The third-order valence-corrected chi connectivity index (χ3v) is 26.0. The van der Waals surface area contributed by atoms with Crippen molar-refractivity contribution in [1.82, 2.24) is 4.13 Å². The smallest absolute Gasteiger partial charge is 0.425 e. The number of carbonyl (C=O) groups is 8. The SMILES string of the molecule is C[C@H](CCC(=O)OCC(F)(F)C(F)(F)S(=O)(=O)NS(=O)(=O)C(F)(F)C(F)(F)CCOC(=O)CC[C@H](C)[C@@H]1CC[C@@H]2[C@H]3C(=O)CC4CC(=O)CC[C@@]4(C)[C@@H]3CC(=O)[C@]21C)[C@H]1CC[C@H]2[C@@H]3C(=O)CC4CC(=O)CC[C@]4(C)[C@H]3CC(=O)[C@]12C. The van der Waals surface area contributed by atoms with E-state index in [1.54, 1.807) is 27.7 Å². The van der Waals surface area contributed by atoms with Gasteiger partial charge < -0.3 is 9.47 Å². The second-order valence-corrected chi connectivity index (χ2v) is 29.8. The van der Waals surface area contributed by atoms with Gasteiger partial charge in [0.2, 0.25) is 0 Å². The third kappa shape index (κ3) is 10.0. The summed E-state index contributed by atoms with van der Waals surface area (Å²) in [5.74, 6) is -18.6. The topological polar surface area (TPSA) is 235 Å². The maximum absolute atomic E-state index is 15.0. The van der Waals surface area contributed by atoms with Crippen LogP contribution in [0.1, 0.15) is 164 Å². The van der Waals surface area contributed by atoms with Gasteiger partial charge in [-0.3, -0.25) is 38.4 Å². The highest BCUT2D eigenvalue weighted by Crippen LogP contribution is 2.68. The Morgan fingerprint density at radius 2 is 0.950 bits per heavy atom. The summed E-state index contributed by atoms with van der Waals surface area (Å²) in [5.41, 5.74) is -2.72. The van der Waals surface area contributed by atoms with Crippen molar-refractivity contribution in [2.45, 2.75) is 186 Å². The highest BCUT2D eigenvalue weighted by Gasteiger charge is 2.73. The van der Waals surface area contributed by atoms with E-state index in [1.807, 2.05) is 6.92 Å². The molecule has 450 valence electrons. The number of esters is 2. The fourth-order valence-electron chi connectivity index (χ4n) is 17.4. The molecule has 16 atom stereocenters. The number of carbonyl (C=O) groups excluding carboxylic acids is 8. The molecular formula is C55H73F8NO14S2. The van der Waals surface area contributed by atoms with Crippen molar-refractivity contribution in [1.29, 1.82) is 0 Å². The predicted octanol–water partition coefficient (Wildman–Crippen LogP) is 9.17. The van der Waals surface area contributed by atoms with Crippen molar-refractivity contribution in [2.24, 2.45) is 92.7 Å². The van der Waals surface area contributed by atoms with Crippen LogP contribution in [0, 0.1) is 92.7 Å². The number of ketones is 6. The second-order valence-electron chi connectivity index (χ2n) is 26.1. The Kier molecular flexibility index (Phi) is 16.4. The van der Waals surface area contributed by atoms with E-state index in [1.165, 1.54) is 0 Å². The number of ether oxygens (including phenoxy) is 2. The van der Waals surface area contributed by atoms with Crippen LogP contribution >= 0.6 is 0 Å². The lowest BCUT2D eigenvalue weighted by molar-refractivity contribution is -0.195. The normalized spacial score (nSPS) is 37.6. The van der Waals surface area contributed by atoms with Gasteiger partial charge in [-0.2, -0.15) is 35.1 Å². The number of fused-ring (bicyclic) bond motifs is 10. The van der Waals surface area contributed by atoms with Gasteiger partial charge >= 0.3 is 34.3 Å². The molecule has 0 aromatic rings. The molecule has 8 saturated carbocycles. The van der Waals surface area contributed by atoms with Crippen LogP contribution in [-0.2, 0) is 67.9 Å². The number of hydrogen-bond donors (Lipinski definition) is 1. The molecule has 8 rings (SSSR count). The van der Waals surface area contributed by atoms with Crippen LogP contribution in [0.25, 0.3) is 0 Å². The van der Waals surface area contributed by atoms with Gasteiger partial charge in [0.25, 0.3) is 20.0 Å². The molecule has 0 saturated heterocycles. The van der Waals surface area contributed by atoms with Crippen molar-refractivity contribution in [3.05, 3.63) is 0 Å². The lowest BCUT2D eigenvalue weighted by Crippen LogP contribution is -2.60. The summed E-state index contributed by atoms with van der Waals surface area (Å²) in [4.78, 5) is 106. The van der Waals surface area contributed by atoms with Gasteiger partial charge in [0.1, 0.15) is 34.7 Å². The minimum absolute atomic E-state index is 0.00497. The van der Waals surface area contributed by atoms with Crippen molar-refractivity contribution in [3.8, 4) is 0 Å². The number of halogens is 8. The van der Waals surface area contributed by atoms with Crippen molar-refractivity contribution < 1.29 is 99.8 Å². The standard InChI is InChI=1S/C55H73F8NO14S2/c1-28(34-9-11-36-46-38(25-42(69)50(34,36)5)48(3)17-15-32(65)21-30(48)23-40(46)67)7-13-44(71)77-20-19-52(56,57)54(60,61)79(73,74)64-80(75,76)55(62,63)53(58,59)27-78-45(72)14-8-29(2)35-10-12-37-47-39(26-43(70)51(35,37)6)49(4)18-16-33(66)22-31(49)24-41(47)68/h28-31,34-39,46-47,64H,7-27H2,1-6H3/t28-,29+,30?,31?,34-,35+,36+,37-,38+,39-,46+,47-,48+,49-,50-,51+/m0/s1. The summed E-state index contributed by atoms with van der Waals surface area (Å²) in [7, 11) is -15.1. The van der Waals surface area contributed by atoms with Gasteiger partial charge in [-0.15, -0.1) is 0 Å². The maximum Gasteiger partial charge on any atom is 0.425 e. The zero-order chi connectivity index (χ0) is 59.5. The molecule has 8 fully saturated rings. The molecule has 8 aliphatic rings. The minimum atomic E-state index is -7.57. The number of nitrogens with one attached hydrogen (secondary N) is 1. The molecule has 25 heteroatoms. The minimum Gasteiger partial charge on any atom is -0.465 e. The molecule has 0 spiro atoms. The van der Waals surface area contributed by atoms with E-state index < -0.39 is 137 Å². The Hall–Kier alpha value is -3.74. The largest absolute Gasteiger partial charge is 0.465 e. The number of rotatable bonds is 19. The highest BCUT2D eigenvalue weighted by atomic mass is 32.3. The van der Waals surface area contributed by atoms with Gasteiger partial charge in [0.15, 0.2) is 6.61 Å². The second kappa shape index (κ2) is 21.1. The Balaban J connectivity index is 0.798. The number of sulfonamides is 2. The summed E-state index contributed by atoms with van der Waals surface area (Å²) in [6.45, 7) is 6.70. The molecule has 15 nitrogen and oxygen atoms in total. The number of hydrogen-bond acceptors (Lipinski definition) is 14. The molecule has 1 N–H and O–H groups in total. The Morgan fingerprint density at radius 3 is 1.36 bits per heavy atom. The average Bonchev–Trinajstić information content (AvgIpc) is 3.44. The van der Waals surface area contributed by atoms with Gasteiger partial charge in [0.05, 0.1) is 13.0 Å². The predicted molar refractivity (Wildman–Crippen MR) is 266 cm³/mol. The van der Waals surface area contributed by atoms with Crippen LogP contribution in [-0.4, -0.2) is 99.0 Å². The van der Waals surface area contributed by atoms with Crippen LogP contribution in [0.2, 0.25) is 0 Å². The molecule has 0 radical (unpaired) electrons. The van der Waals surface area contributed by atoms with Crippen molar-refractivity contribution >= 4 is 66.7 Å². The van der Waals surface area contributed by atoms with E-state index in [9.17, 15) is 72.8 Å². The Bertz CT molecular complexity index is 2810. The third-order valence-electron chi connectivity index (χ3n) is 22.3. The summed E-state index contributed by atoms with van der Waals surface area (Å²) in [5, 5.41) is -13.3. The summed E-state index contributed by atoms with van der Waals surface area (Å²) < 4.78 is 178. The van der Waals surface area contributed by atoms with Crippen LogP contribution in [0.5, 0.6) is 0 Å². The molecule has 0 aliphatic heterocycles. The number of alkyl halides is 8. The first-order valence-corrected chi connectivity index (χ1v) is 31.0. The highest BCUT2D eigenvalue weighted by molar-refractivity contribution is 8.05. The zero-order valence-electron chi connectivity index (χ0n) is 45.8. The van der Waals surface area contributed by atoms with Crippen LogP contribution in [0.4, 0.5) is 35.1 Å². The van der Waals surface area contributed by atoms with Crippen LogP contribution in [0.3, 0.4) is 0 Å². The van der Waals surface area contributed by atoms with Gasteiger partial charge in [0, 0.05) is 86.9 Å². The zero-order valence-corrected chi connectivity index (χ0v) is 47.5. The van der Waals surface area contributed by atoms with E-state index in [4.69, 9.17) is 0 Å². The van der Waals surface area contributed by atoms with Crippen molar-refractivity contribution in [3.63, 3.8) is 0 Å². The maximum atomic E-state index is 15.0. The lowest BCUT2D eigenvalue weighted by Gasteiger charge is -2.58. The fourth-order valence-corrected chi connectivity index (χ4v) is 20.3. The van der Waals surface area contributed by atoms with Crippen LogP contribution in [0.15, 0.2) is 0 Å².